The molecule has 1 aromatic rings. The molecule has 0 spiro atoms. The molecule has 1 aliphatic heterocycles. The van der Waals surface area contributed by atoms with Gasteiger partial charge in [0.15, 0.2) is 5.78 Å². The minimum Gasteiger partial charge on any atom is -0.487 e. The summed E-state index contributed by atoms with van der Waals surface area (Å²) in [6.45, 7) is 4.16. The van der Waals surface area contributed by atoms with Gasteiger partial charge < -0.3 is 4.74 Å². The summed E-state index contributed by atoms with van der Waals surface area (Å²) in [5, 5.41) is 0. The van der Waals surface area contributed by atoms with E-state index in [1.165, 1.54) is 0 Å². The molecule has 0 radical (unpaired) electrons. The zero-order valence-electron chi connectivity index (χ0n) is 10.2. The van der Waals surface area contributed by atoms with E-state index in [9.17, 15) is 4.79 Å². The lowest BCUT2D eigenvalue weighted by atomic mass is 9.83. The van der Waals surface area contributed by atoms with Crippen LogP contribution in [0.3, 0.4) is 0 Å². The molecule has 0 atom stereocenters. The fourth-order valence-corrected chi connectivity index (χ4v) is 2.59. The molecule has 0 fully saturated rings. The highest BCUT2D eigenvalue weighted by Crippen LogP contribution is 2.40. The Morgan fingerprint density at radius 2 is 2.00 bits per heavy atom. The lowest BCUT2D eigenvalue weighted by Crippen LogP contribution is -2.32. The molecule has 2 heteroatoms. The van der Waals surface area contributed by atoms with Crippen LogP contribution < -0.4 is 0 Å². The van der Waals surface area contributed by atoms with Crippen molar-refractivity contribution in [2.75, 3.05) is 0 Å². The highest BCUT2D eigenvalue weighted by Gasteiger charge is 2.35. The van der Waals surface area contributed by atoms with Crippen LogP contribution in [0.25, 0.3) is 5.76 Å². The molecule has 2 aliphatic rings. The fourth-order valence-electron chi connectivity index (χ4n) is 2.59. The van der Waals surface area contributed by atoms with Crippen LogP contribution in [0, 0.1) is 0 Å². The van der Waals surface area contributed by atoms with Crippen molar-refractivity contribution in [2.45, 2.75) is 38.7 Å². The predicted octanol–water partition coefficient (Wildman–Crippen LogP) is 3.11. The second-order valence-electron chi connectivity index (χ2n) is 5.43. The van der Waals surface area contributed by atoms with E-state index in [1.807, 2.05) is 18.2 Å². The highest BCUT2D eigenvalue weighted by atomic mass is 16.5. The van der Waals surface area contributed by atoms with Crippen molar-refractivity contribution in [2.24, 2.45) is 0 Å². The van der Waals surface area contributed by atoms with E-state index in [-0.39, 0.29) is 11.4 Å². The number of allylic oxidation sites excluding steroid dienone is 1. The first-order valence-electron chi connectivity index (χ1n) is 6.10. The van der Waals surface area contributed by atoms with Crippen LogP contribution in [0.4, 0.5) is 0 Å². The number of ketones is 1. The Morgan fingerprint density at radius 3 is 2.82 bits per heavy atom. The summed E-state index contributed by atoms with van der Waals surface area (Å²) in [6, 6.07) is 8.05. The first-order chi connectivity index (χ1) is 8.07. The van der Waals surface area contributed by atoms with Crippen molar-refractivity contribution in [3.8, 4) is 0 Å². The summed E-state index contributed by atoms with van der Waals surface area (Å²) in [6.07, 6.45) is 2.29. The van der Waals surface area contributed by atoms with Crippen molar-refractivity contribution < 1.29 is 9.53 Å². The van der Waals surface area contributed by atoms with Gasteiger partial charge in [-0.2, -0.15) is 0 Å². The Hall–Kier alpha value is -1.57. The third kappa shape index (κ3) is 1.68. The Balaban J connectivity index is 2.16. The molecule has 1 heterocycles. The van der Waals surface area contributed by atoms with Crippen LogP contribution in [0.2, 0.25) is 0 Å². The summed E-state index contributed by atoms with van der Waals surface area (Å²) < 4.78 is 6.03. The van der Waals surface area contributed by atoms with E-state index < -0.39 is 0 Å². The van der Waals surface area contributed by atoms with Crippen molar-refractivity contribution in [3.63, 3.8) is 0 Å². The zero-order chi connectivity index (χ0) is 12.0. The van der Waals surface area contributed by atoms with Crippen molar-refractivity contribution in [3.05, 3.63) is 41.0 Å². The molecule has 2 nitrogen and oxygen atoms in total. The second-order valence-corrected chi connectivity index (χ2v) is 5.43. The Bertz CT molecular complexity index is 523. The lowest BCUT2D eigenvalue weighted by Gasteiger charge is -2.36. The first kappa shape index (κ1) is 10.6. The van der Waals surface area contributed by atoms with Gasteiger partial charge in [0, 0.05) is 17.6 Å². The maximum Gasteiger partial charge on any atom is 0.166 e. The predicted molar refractivity (Wildman–Crippen MR) is 66.5 cm³/mol. The van der Waals surface area contributed by atoms with E-state index in [4.69, 9.17) is 4.74 Å². The molecule has 0 saturated carbocycles. The van der Waals surface area contributed by atoms with Gasteiger partial charge in [-0.3, -0.25) is 4.79 Å². The van der Waals surface area contributed by atoms with Gasteiger partial charge in [0.1, 0.15) is 11.4 Å². The minimum atomic E-state index is -0.163. The largest absolute Gasteiger partial charge is 0.487 e. The topological polar surface area (TPSA) is 26.3 Å². The molecular formula is C15H16O2. The maximum atomic E-state index is 12.1. The first-order valence-corrected chi connectivity index (χ1v) is 6.10. The average molecular weight is 228 g/mol. The number of Topliss-reactive ketones (excluding diaryl/α,β-unsaturated/α-hetero) is 1. The molecule has 0 amide bonds. The lowest BCUT2D eigenvalue weighted by molar-refractivity contribution is -0.115. The molecule has 1 aliphatic carbocycles. The normalized spacial score (nSPS) is 21.6. The monoisotopic (exact) mass is 228 g/mol. The van der Waals surface area contributed by atoms with Crippen LogP contribution in [-0.2, 0) is 16.0 Å². The Labute approximate surface area is 101 Å². The van der Waals surface area contributed by atoms with Crippen molar-refractivity contribution in [1.29, 1.82) is 0 Å². The number of hydrogen-bond acceptors (Lipinski definition) is 2. The van der Waals surface area contributed by atoms with E-state index in [0.717, 1.165) is 35.3 Å². The SMILES string of the molecule is CC1(C)CCC2=C(O1)c1ccccc1CC2=O. The summed E-state index contributed by atoms with van der Waals surface area (Å²) in [4.78, 5) is 12.1. The third-order valence-corrected chi connectivity index (χ3v) is 3.58. The number of rotatable bonds is 0. The Morgan fingerprint density at radius 1 is 1.24 bits per heavy atom. The molecule has 0 saturated heterocycles. The van der Waals surface area contributed by atoms with Gasteiger partial charge in [-0.05, 0) is 32.3 Å². The van der Waals surface area contributed by atoms with Gasteiger partial charge in [0.25, 0.3) is 0 Å². The summed E-state index contributed by atoms with van der Waals surface area (Å²) in [7, 11) is 0. The van der Waals surface area contributed by atoms with E-state index >= 15 is 0 Å². The molecule has 17 heavy (non-hydrogen) atoms. The van der Waals surface area contributed by atoms with Gasteiger partial charge in [-0.1, -0.05) is 24.3 Å². The van der Waals surface area contributed by atoms with Crippen molar-refractivity contribution >= 4 is 11.5 Å². The number of carbonyl (C=O) groups is 1. The number of carbonyl (C=O) groups excluding carboxylic acids is 1. The third-order valence-electron chi connectivity index (χ3n) is 3.58. The van der Waals surface area contributed by atoms with Gasteiger partial charge in [-0.15, -0.1) is 0 Å². The van der Waals surface area contributed by atoms with Crippen LogP contribution >= 0.6 is 0 Å². The molecule has 0 aromatic heterocycles. The number of benzene rings is 1. The smallest absolute Gasteiger partial charge is 0.166 e. The van der Waals surface area contributed by atoms with Crippen LogP contribution in [0.1, 0.15) is 37.8 Å². The summed E-state index contributed by atoms with van der Waals surface area (Å²) in [5.41, 5.74) is 2.93. The molecule has 0 bridgehead atoms. The van der Waals surface area contributed by atoms with E-state index in [1.54, 1.807) is 0 Å². The van der Waals surface area contributed by atoms with Crippen LogP contribution in [0.15, 0.2) is 29.8 Å². The Kier molecular flexibility index (Phi) is 2.15. The van der Waals surface area contributed by atoms with Gasteiger partial charge >= 0.3 is 0 Å². The fraction of sp³-hybridized carbons (Fsp3) is 0.400. The molecule has 0 N–H and O–H groups in total. The molecule has 1 aromatic carbocycles. The summed E-state index contributed by atoms with van der Waals surface area (Å²) >= 11 is 0. The van der Waals surface area contributed by atoms with Crippen molar-refractivity contribution in [1.82, 2.24) is 0 Å². The van der Waals surface area contributed by atoms with E-state index in [0.29, 0.717) is 6.42 Å². The average Bonchev–Trinajstić information content (AvgIpc) is 2.28. The molecule has 3 rings (SSSR count). The number of ether oxygens (including phenoxy) is 1. The number of hydrogen-bond donors (Lipinski definition) is 0. The van der Waals surface area contributed by atoms with E-state index in [2.05, 4.69) is 19.9 Å². The number of fused-ring (bicyclic) bond motifs is 2. The van der Waals surface area contributed by atoms with Gasteiger partial charge in [-0.25, -0.2) is 0 Å². The maximum absolute atomic E-state index is 12.1. The van der Waals surface area contributed by atoms with Gasteiger partial charge in [0.05, 0.1) is 0 Å². The minimum absolute atomic E-state index is 0.163. The quantitative estimate of drug-likeness (QED) is 0.682. The summed E-state index contributed by atoms with van der Waals surface area (Å²) in [5.74, 6) is 1.06. The molecular weight excluding hydrogens is 212 g/mol. The van der Waals surface area contributed by atoms with Crippen LogP contribution in [0.5, 0.6) is 0 Å². The molecule has 88 valence electrons. The van der Waals surface area contributed by atoms with Crippen LogP contribution in [-0.4, -0.2) is 11.4 Å². The molecule has 0 unspecified atom stereocenters. The highest BCUT2D eigenvalue weighted by molar-refractivity contribution is 6.06. The van der Waals surface area contributed by atoms with Gasteiger partial charge in [0.2, 0.25) is 0 Å². The standard InChI is InChI=1S/C15H16O2/c1-15(2)8-7-12-13(16)9-10-5-3-4-6-11(10)14(12)17-15/h3-6H,7-9H2,1-2H3. The zero-order valence-corrected chi connectivity index (χ0v) is 10.2. The second kappa shape index (κ2) is 3.46.